The SMILES string of the molecule is CCCCC[C@H](NC(=O)[C@H](C)CC(=O)[C@@H](NC(=O)[C@H](CCNC(=O)OC(C)(C)C)CC(=O)c1ccc(-c2ccc(CCCC)cc2)cc1)[C@@H](C)OC(C)(C)C)C(=O)O. The number of rotatable bonds is 24. The van der Waals surface area contributed by atoms with Gasteiger partial charge in [0.05, 0.1) is 11.7 Å². The van der Waals surface area contributed by atoms with Crippen molar-refractivity contribution in [1.82, 2.24) is 16.0 Å². The first-order valence-corrected chi connectivity index (χ1v) is 20.9. The van der Waals surface area contributed by atoms with Gasteiger partial charge in [0, 0.05) is 36.8 Å². The highest BCUT2D eigenvalue weighted by atomic mass is 16.6. The zero-order valence-electron chi connectivity index (χ0n) is 36.5. The Kier molecular flexibility index (Phi) is 20.3. The number of alkyl carbamates (subject to hydrolysis) is 1. The molecule has 0 aromatic heterocycles. The van der Waals surface area contributed by atoms with Crippen molar-refractivity contribution in [2.45, 2.75) is 163 Å². The van der Waals surface area contributed by atoms with E-state index in [9.17, 15) is 33.9 Å². The number of ketones is 2. The number of hydrogen-bond donors (Lipinski definition) is 4. The first-order chi connectivity index (χ1) is 27.1. The average Bonchev–Trinajstić information content (AvgIpc) is 3.13. The predicted molar refractivity (Wildman–Crippen MR) is 227 cm³/mol. The Morgan fingerprint density at radius 3 is 1.83 bits per heavy atom. The lowest BCUT2D eigenvalue weighted by molar-refractivity contribution is -0.143. The molecule has 12 heteroatoms. The van der Waals surface area contributed by atoms with Crippen molar-refractivity contribution < 1.29 is 43.3 Å². The largest absolute Gasteiger partial charge is 0.480 e. The molecule has 322 valence electrons. The molecule has 58 heavy (non-hydrogen) atoms. The van der Waals surface area contributed by atoms with E-state index in [4.69, 9.17) is 9.47 Å². The van der Waals surface area contributed by atoms with Crippen LogP contribution in [0.3, 0.4) is 0 Å². The third kappa shape index (κ3) is 18.3. The number of amides is 3. The van der Waals surface area contributed by atoms with Gasteiger partial charge in [0.25, 0.3) is 0 Å². The second-order valence-corrected chi connectivity index (χ2v) is 17.3. The maximum atomic E-state index is 14.1. The molecule has 2 aromatic rings. The van der Waals surface area contributed by atoms with E-state index < -0.39 is 70.9 Å². The number of carbonyl (C=O) groups excluding carboxylic acids is 5. The summed E-state index contributed by atoms with van der Waals surface area (Å²) in [5, 5.41) is 17.7. The van der Waals surface area contributed by atoms with Gasteiger partial charge in [-0.1, -0.05) is 95.0 Å². The smallest absolute Gasteiger partial charge is 0.407 e. The van der Waals surface area contributed by atoms with Crippen molar-refractivity contribution in [3.63, 3.8) is 0 Å². The Balaban J connectivity index is 2.32. The van der Waals surface area contributed by atoms with Crippen LogP contribution in [-0.2, 0) is 35.1 Å². The van der Waals surface area contributed by atoms with E-state index in [0.29, 0.717) is 12.0 Å². The van der Waals surface area contributed by atoms with E-state index in [1.165, 1.54) is 12.5 Å². The monoisotopic (exact) mass is 808 g/mol. The second-order valence-electron chi connectivity index (χ2n) is 17.3. The highest BCUT2D eigenvalue weighted by Crippen LogP contribution is 2.24. The van der Waals surface area contributed by atoms with Gasteiger partial charge in [-0.25, -0.2) is 9.59 Å². The van der Waals surface area contributed by atoms with Crippen LogP contribution >= 0.6 is 0 Å². The minimum atomic E-state index is -1.20. The van der Waals surface area contributed by atoms with E-state index in [0.717, 1.165) is 43.2 Å². The fraction of sp³-hybridized carbons (Fsp3) is 0.609. The number of Topliss-reactive ketones (excluding diaryl/α,β-unsaturated/α-hetero) is 2. The Morgan fingerprint density at radius 2 is 1.29 bits per heavy atom. The summed E-state index contributed by atoms with van der Waals surface area (Å²) >= 11 is 0. The Bertz CT molecular complexity index is 1640. The van der Waals surface area contributed by atoms with Crippen molar-refractivity contribution >= 4 is 35.4 Å². The topological polar surface area (TPSA) is 177 Å². The Hall–Kier alpha value is -4.58. The van der Waals surface area contributed by atoms with Gasteiger partial charge in [-0.15, -0.1) is 0 Å². The molecule has 0 aliphatic heterocycles. The highest BCUT2D eigenvalue weighted by Gasteiger charge is 2.35. The van der Waals surface area contributed by atoms with Crippen molar-refractivity contribution in [2.24, 2.45) is 11.8 Å². The van der Waals surface area contributed by atoms with Crippen molar-refractivity contribution in [3.8, 4) is 11.1 Å². The highest BCUT2D eigenvalue weighted by molar-refractivity contribution is 6.00. The van der Waals surface area contributed by atoms with Gasteiger partial charge in [-0.05, 0) is 90.8 Å². The Labute approximate surface area is 346 Å². The number of unbranched alkanes of at least 4 members (excludes halogenated alkanes) is 3. The maximum absolute atomic E-state index is 14.1. The van der Waals surface area contributed by atoms with Gasteiger partial charge < -0.3 is 30.5 Å². The molecule has 3 amide bonds. The summed E-state index contributed by atoms with van der Waals surface area (Å²) < 4.78 is 11.5. The second kappa shape index (κ2) is 23.7. The standard InChI is InChI=1S/C46H69N3O9/c1-11-13-15-17-37(43(54)55)48-41(52)30(3)28-39(51)40(31(4)57-45(5,6)7)49-42(53)36(26-27-47-44(56)58-46(8,9)10)29-38(50)35-24-22-34(23-25-35)33-20-18-32(19-21-33)16-14-12-2/h18-25,30-31,36-37,40H,11-17,26-29H2,1-10H3,(H,47,56)(H,48,52)(H,49,53)(H,54,55)/t30-,31-,36-,37+,40+/m1/s1. The molecule has 12 nitrogen and oxygen atoms in total. The summed E-state index contributed by atoms with van der Waals surface area (Å²) in [6, 6.07) is 13.3. The lowest BCUT2D eigenvalue weighted by atomic mass is 9.91. The molecular weight excluding hydrogens is 739 g/mol. The van der Waals surface area contributed by atoms with Crippen LogP contribution in [0.2, 0.25) is 0 Å². The summed E-state index contributed by atoms with van der Waals surface area (Å²) in [6.07, 6.45) is 3.93. The number of benzene rings is 2. The molecule has 0 unspecified atom stereocenters. The summed E-state index contributed by atoms with van der Waals surface area (Å²) in [5.74, 6) is -4.98. The van der Waals surface area contributed by atoms with Crippen LogP contribution in [0.25, 0.3) is 11.1 Å². The summed E-state index contributed by atoms with van der Waals surface area (Å²) in [5.41, 5.74) is 2.21. The number of ether oxygens (including phenoxy) is 2. The molecule has 0 aliphatic rings. The third-order valence-corrected chi connectivity index (χ3v) is 9.60. The number of nitrogens with one attached hydrogen (secondary N) is 3. The zero-order valence-corrected chi connectivity index (χ0v) is 36.5. The molecule has 0 spiro atoms. The molecule has 0 radical (unpaired) electrons. The van der Waals surface area contributed by atoms with Crippen molar-refractivity contribution in [1.29, 1.82) is 0 Å². The van der Waals surface area contributed by atoms with E-state index in [1.807, 2.05) is 39.8 Å². The van der Waals surface area contributed by atoms with E-state index in [-0.39, 0.29) is 38.0 Å². The molecule has 0 heterocycles. The van der Waals surface area contributed by atoms with Crippen LogP contribution < -0.4 is 16.0 Å². The van der Waals surface area contributed by atoms with Crippen LogP contribution in [-0.4, -0.2) is 76.5 Å². The van der Waals surface area contributed by atoms with E-state index in [1.54, 1.807) is 39.8 Å². The number of aryl methyl sites for hydroxylation is 1. The molecule has 2 rings (SSSR count). The molecular formula is C46H69N3O9. The number of aliphatic carboxylic acids is 1. The number of carboxylic acid groups (broad SMARTS) is 1. The predicted octanol–water partition coefficient (Wildman–Crippen LogP) is 8.23. The quantitative estimate of drug-likeness (QED) is 0.0601. The Morgan fingerprint density at radius 1 is 0.707 bits per heavy atom. The van der Waals surface area contributed by atoms with Crippen LogP contribution in [0.15, 0.2) is 48.5 Å². The van der Waals surface area contributed by atoms with Gasteiger partial charge in [-0.3, -0.25) is 19.2 Å². The number of carboxylic acids is 1. The first kappa shape index (κ1) is 49.6. The van der Waals surface area contributed by atoms with Gasteiger partial charge >= 0.3 is 12.1 Å². The van der Waals surface area contributed by atoms with Gasteiger partial charge in [0.2, 0.25) is 11.8 Å². The van der Waals surface area contributed by atoms with E-state index in [2.05, 4.69) is 47.1 Å². The van der Waals surface area contributed by atoms with Crippen LogP contribution in [0.5, 0.6) is 0 Å². The van der Waals surface area contributed by atoms with Gasteiger partial charge in [0.1, 0.15) is 17.7 Å². The lowest BCUT2D eigenvalue weighted by Crippen LogP contribution is -2.53. The van der Waals surface area contributed by atoms with Crippen LogP contribution in [0.4, 0.5) is 4.79 Å². The first-order valence-electron chi connectivity index (χ1n) is 20.9. The maximum Gasteiger partial charge on any atom is 0.407 e. The summed E-state index contributed by atoms with van der Waals surface area (Å²) in [4.78, 5) is 79.2. The molecule has 0 saturated heterocycles. The number of carbonyl (C=O) groups is 6. The minimum Gasteiger partial charge on any atom is -0.480 e. The fourth-order valence-electron chi connectivity index (χ4n) is 6.47. The molecule has 0 fully saturated rings. The van der Waals surface area contributed by atoms with Gasteiger partial charge in [-0.2, -0.15) is 0 Å². The summed E-state index contributed by atoms with van der Waals surface area (Å²) in [6.45, 7) is 18.0. The third-order valence-electron chi connectivity index (χ3n) is 9.60. The molecule has 4 N–H and O–H groups in total. The lowest BCUT2D eigenvalue weighted by Gasteiger charge is -2.32. The van der Waals surface area contributed by atoms with Crippen molar-refractivity contribution in [3.05, 3.63) is 59.7 Å². The van der Waals surface area contributed by atoms with Crippen LogP contribution in [0, 0.1) is 11.8 Å². The molecule has 0 bridgehead atoms. The molecule has 0 saturated carbocycles. The molecule has 0 aliphatic carbocycles. The minimum absolute atomic E-state index is 0.0142. The van der Waals surface area contributed by atoms with Crippen molar-refractivity contribution in [2.75, 3.05) is 6.54 Å². The van der Waals surface area contributed by atoms with Crippen LogP contribution in [0.1, 0.15) is 143 Å². The fourth-order valence-corrected chi connectivity index (χ4v) is 6.47. The van der Waals surface area contributed by atoms with Gasteiger partial charge in [0.15, 0.2) is 11.6 Å². The average molecular weight is 808 g/mol. The molecule has 2 aromatic carbocycles. The normalized spacial score (nSPS) is 14.3. The number of hydrogen-bond acceptors (Lipinski definition) is 8. The molecule has 5 atom stereocenters. The zero-order chi connectivity index (χ0) is 43.6. The van der Waals surface area contributed by atoms with E-state index >= 15 is 0 Å². The summed E-state index contributed by atoms with van der Waals surface area (Å²) in [7, 11) is 0.